The molecule has 0 aromatic rings. The molecule has 2 N–H and O–H groups in total. The lowest BCUT2D eigenvalue weighted by Gasteiger charge is -2.39. The summed E-state index contributed by atoms with van der Waals surface area (Å²) in [7, 11) is 0. The molecule has 14 heavy (non-hydrogen) atoms. The smallest absolute Gasteiger partial charge is 0.309 e. The minimum Gasteiger partial charge on any atom is -0.481 e. The SMILES string of the molecule is CC1CCC(CCO)(C(=O)O)CC1C. The second-order valence-electron chi connectivity index (χ2n) is 4.76. The Bertz CT molecular complexity index is 215. The maximum Gasteiger partial charge on any atom is 0.309 e. The van der Waals surface area contributed by atoms with Crippen LogP contribution in [-0.2, 0) is 4.79 Å². The van der Waals surface area contributed by atoms with Gasteiger partial charge in [0.2, 0.25) is 0 Å². The van der Waals surface area contributed by atoms with Crippen molar-refractivity contribution < 1.29 is 15.0 Å². The van der Waals surface area contributed by atoms with Crippen molar-refractivity contribution in [3.63, 3.8) is 0 Å². The predicted octanol–water partition coefficient (Wildman–Crippen LogP) is 1.90. The summed E-state index contributed by atoms with van der Waals surface area (Å²) in [6.07, 6.45) is 2.80. The average molecular weight is 200 g/mol. The number of aliphatic carboxylic acids is 1. The van der Waals surface area contributed by atoms with E-state index in [-0.39, 0.29) is 6.61 Å². The number of aliphatic hydroxyl groups is 1. The van der Waals surface area contributed by atoms with Gasteiger partial charge >= 0.3 is 5.97 Å². The van der Waals surface area contributed by atoms with Crippen molar-refractivity contribution in [2.45, 2.75) is 39.5 Å². The highest BCUT2D eigenvalue weighted by Gasteiger charge is 2.43. The van der Waals surface area contributed by atoms with Crippen LogP contribution in [0.1, 0.15) is 39.5 Å². The Kier molecular flexibility index (Phi) is 3.53. The number of hydrogen-bond acceptors (Lipinski definition) is 2. The molecule has 0 aromatic heterocycles. The van der Waals surface area contributed by atoms with Gasteiger partial charge in [-0.15, -0.1) is 0 Å². The summed E-state index contributed by atoms with van der Waals surface area (Å²) in [5.41, 5.74) is -0.652. The summed E-state index contributed by atoms with van der Waals surface area (Å²) in [5.74, 6) is 0.331. The Balaban J connectivity index is 2.74. The zero-order chi connectivity index (χ0) is 10.8. The van der Waals surface area contributed by atoms with Crippen molar-refractivity contribution in [1.82, 2.24) is 0 Å². The number of hydrogen-bond donors (Lipinski definition) is 2. The van der Waals surface area contributed by atoms with Crippen molar-refractivity contribution >= 4 is 5.97 Å². The van der Waals surface area contributed by atoms with Crippen LogP contribution in [0.2, 0.25) is 0 Å². The molecule has 1 saturated carbocycles. The highest BCUT2D eigenvalue weighted by molar-refractivity contribution is 5.74. The first-order valence-corrected chi connectivity index (χ1v) is 5.36. The van der Waals surface area contributed by atoms with Crippen molar-refractivity contribution in [3.05, 3.63) is 0 Å². The highest BCUT2D eigenvalue weighted by atomic mass is 16.4. The first-order chi connectivity index (χ1) is 6.52. The molecule has 1 fully saturated rings. The Hall–Kier alpha value is -0.570. The van der Waals surface area contributed by atoms with E-state index >= 15 is 0 Å². The quantitative estimate of drug-likeness (QED) is 0.731. The Labute approximate surface area is 85.1 Å². The van der Waals surface area contributed by atoms with Gasteiger partial charge in [0.15, 0.2) is 0 Å². The van der Waals surface area contributed by atoms with Crippen LogP contribution >= 0.6 is 0 Å². The third-order valence-corrected chi connectivity index (χ3v) is 3.81. The molecule has 1 aliphatic rings. The van der Waals surface area contributed by atoms with Gasteiger partial charge < -0.3 is 10.2 Å². The van der Waals surface area contributed by atoms with Crippen LogP contribution < -0.4 is 0 Å². The van der Waals surface area contributed by atoms with Crippen molar-refractivity contribution in [2.24, 2.45) is 17.3 Å². The molecule has 0 radical (unpaired) electrons. The largest absolute Gasteiger partial charge is 0.481 e. The Morgan fingerprint density at radius 3 is 2.50 bits per heavy atom. The molecule has 0 aromatic carbocycles. The molecule has 0 bridgehead atoms. The van der Waals surface area contributed by atoms with Crippen LogP contribution in [0.5, 0.6) is 0 Å². The van der Waals surface area contributed by atoms with Crippen LogP contribution in [0.15, 0.2) is 0 Å². The van der Waals surface area contributed by atoms with Crippen LogP contribution in [0.3, 0.4) is 0 Å². The summed E-state index contributed by atoms with van der Waals surface area (Å²) in [5, 5.41) is 18.1. The Morgan fingerprint density at radius 2 is 2.07 bits per heavy atom. The molecule has 1 rings (SSSR count). The van der Waals surface area contributed by atoms with Gasteiger partial charge in [0, 0.05) is 6.61 Å². The van der Waals surface area contributed by atoms with Crippen LogP contribution in [0.25, 0.3) is 0 Å². The zero-order valence-corrected chi connectivity index (χ0v) is 8.99. The van der Waals surface area contributed by atoms with E-state index in [0.29, 0.717) is 31.1 Å². The van der Waals surface area contributed by atoms with Crippen molar-refractivity contribution in [1.29, 1.82) is 0 Å². The summed E-state index contributed by atoms with van der Waals surface area (Å²) in [6, 6.07) is 0. The molecule has 0 heterocycles. The Morgan fingerprint density at radius 1 is 1.43 bits per heavy atom. The highest BCUT2D eigenvalue weighted by Crippen LogP contribution is 2.44. The van der Waals surface area contributed by atoms with E-state index < -0.39 is 11.4 Å². The molecule has 0 spiro atoms. The normalized spacial score (nSPS) is 38.2. The lowest BCUT2D eigenvalue weighted by molar-refractivity contribution is -0.154. The fourth-order valence-corrected chi connectivity index (χ4v) is 2.45. The van der Waals surface area contributed by atoms with Crippen molar-refractivity contribution in [3.8, 4) is 0 Å². The molecular formula is C11H20O3. The molecule has 3 nitrogen and oxygen atoms in total. The lowest BCUT2D eigenvalue weighted by Crippen LogP contribution is -2.39. The molecule has 3 unspecified atom stereocenters. The van der Waals surface area contributed by atoms with Gasteiger partial charge in [-0.25, -0.2) is 0 Å². The fourth-order valence-electron chi connectivity index (χ4n) is 2.45. The molecular weight excluding hydrogens is 180 g/mol. The summed E-state index contributed by atoms with van der Waals surface area (Å²) in [6.45, 7) is 4.27. The van der Waals surface area contributed by atoms with E-state index in [1.807, 2.05) is 0 Å². The van der Waals surface area contributed by atoms with Gasteiger partial charge in [-0.05, 0) is 37.5 Å². The maximum atomic E-state index is 11.2. The fraction of sp³-hybridized carbons (Fsp3) is 0.909. The second kappa shape index (κ2) is 4.30. The van der Waals surface area contributed by atoms with E-state index in [2.05, 4.69) is 13.8 Å². The van der Waals surface area contributed by atoms with Crippen LogP contribution in [0, 0.1) is 17.3 Å². The number of carbonyl (C=O) groups is 1. The average Bonchev–Trinajstić information content (AvgIpc) is 2.12. The minimum atomic E-state index is -0.731. The summed E-state index contributed by atoms with van der Waals surface area (Å²) >= 11 is 0. The first kappa shape index (κ1) is 11.5. The number of carboxylic acid groups (broad SMARTS) is 1. The molecule has 3 heteroatoms. The predicted molar refractivity (Wildman–Crippen MR) is 54.0 cm³/mol. The van der Waals surface area contributed by atoms with E-state index in [4.69, 9.17) is 5.11 Å². The van der Waals surface area contributed by atoms with E-state index in [1.54, 1.807) is 0 Å². The first-order valence-electron chi connectivity index (χ1n) is 5.36. The molecule has 0 amide bonds. The van der Waals surface area contributed by atoms with Crippen LogP contribution in [0.4, 0.5) is 0 Å². The molecule has 1 aliphatic carbocycles. The maximum absolute atomic E-state index is 11.2. The van der Waals surface area contributed by atoms with E-state index in [9.17, 15) is 9.90 Å². The number of carboxylic acids is 1. The summed E-state index contributed by atoms with van der Waals surface area (Å²) < 4.78 is 0. The topological polar surface area (TPSA) is 57.5 Å². The second-order valence-corrected chi connectivity index (χ2v) is 4.76. The zero-order valence-electron chi connectivity index (χ0n) is 8.99. The van der Waals surface area contributed by atoms with Crippen LogP contribution in [-0.4, -0.2) is 22.8 Å². The van der Waals surface area contributed by atoms with Gasteiger partial charge in [0.25, 0.3) is 0 Å². The third kappa shape index (κ3) is 2.08. The number of aliphatic hydroxyl groups excluding tert-OH is 1. The van der Waals surface area contributed by atoms with Crippen molar-refractivity contribution in [2.75, 3.05) is 6.61 Å². The molecule has 0 saturated heterocycles. The summed E-state index contributed by atoms with van der Waals surface area (Å²) in [4.78, 5) is 11.2. The molecule has 0 aliphatic heterocycles. The van der Waals surface area contributed by atoms with Gasteiger partial charge in [-0.2, -0.15) is 0 Å². The van der Waals surface area contributed by atoms with Gasteiger partial charge in [0.05, 0.1) is 5.41 Å². The van der Waals surface area contributed by atoms with E-state index in [0.717, 1.165) is 6.42 Å². The van der Waals surface area contributed by atoms with Gasteiger partial charge in [0.1, 0.15) is 0 Å². The van der Waals surface area contributed by atoms with Gasteiger partial charge in [-0.1, -0.05) is 13.8 Å². The van der Waals surface area contributed by atoms with Gasteiger partial charge in [-0.3, -0.25) is 4.79 Å². The standard InChI is InChI=1S/C11H20O3/c1-8-3-4-11(5-6-12,10(13)14)7-9(8)2/h8-9,12H,3-7H2,1-2H3,(H,13,14). The molecule has 3 atom stereocenters. The minimum absolute atomic E-state index is 0.0204. The third-order valence-electron chi connectivity index (χ3n) is 3.81. The monoisotopic (exact) mass is 200 g/mol. The lowest BCUT2D eigenvalue weighted by atomic mass is 9.65. The molecule has 82 valence electrons. The van der Waals surface area contributed by atoms with E-state index in [1.165, 1.54) is 0 Å². The number of rotatable bonds is 3.